The molecule has 2 amide bonds. The Kier molecular flexibility index (Phi) is 9.52. The number of hydrogen-bond acceptors (Lipinski definition) is 7. The monoisotopic (exact) mass is 671 g/mol. The molecular weight excluding hydrogens is 635 g/mol. The van der Waals surface area contributed by atoms with Gasteiger partial charge in [0.1, 0.15) is 22.8 Å². The molecule has 5 heterocycles. The number of rotatable bonds is 8. The van der Waals surface area contributed by atoms with Gasteiger partial charge in [-0.3, -0.25) is 14.8 Å². The molecule has 0 bridgehead atoms. The smallest absolute Gasteiger partial charge is 0.410 e. The SMILES string of the molecule is CC(C)(C)OC(=O)N1CCN(c2ccnc3c(-c4ccccn4)c(-c4ccnc(NC(=O)C(CC(F)F)c5ccc(F)cc5)c4)[nH]c23)CC1. The Morgan fingerprint density at radius 1 is 0.939 bits per heavy atom. The van der Waals surface area contributed by atoms with E-state index < -0.39 is 36.1 Å². The molecule has 1 aliphatic rings. The van der Waals surface area contributed by atoms with Crippen molar-refractivity contribution in [2.75, 3.05) is 36.4 Å². The fourth-order valence-corrected chi connectivity index (χ4v) is 5.90. The molecule has 1 fully saturated rings. The lowest BCUT2D eigenvalue weighted by Crippen LogP contribution is -2.50. The van der Waals surface area contributed by atoms with E-state index in [1.807, 2.05) is 45.0 Å². The summed E-state index contributed by atoms with van der Waals surface area (Å²) < 4.78 is 46.1. The van der Waals surface area contributed by atoms with E-state index in [1.165, 1.54) is 18.3 Å². The summed E-state index contributed by atoms with van der Waals surface area (Å²) in [5.74, 6) is -2.28. The number of H-pyrrole nitrogens is 1. The Bertz CT molecular complexity index is 1940. The van der Waals surface area contributed by atoms with Gasteiger partial charge in [-0.25, -0.2) is 22.9 Å². The van der Waals surface area contributed by atoms with Gasteiger partial charge >= 0.3 is 6.09 Å². The molecule has 254 valence electrons. The fraction of sp³-hybridized carbons (Fsp3) is 0.306. The second-order valence-corrected chi connectivity index (χ2v) is 12.7. The Morgan fingerprint density at radius 3 is 2.35 bits per heavy atom. The van der Waals surface area contributed by atoms with Gasteiger partial charge in [0.25, 0.3) is 0 Å². The highest BCUT2D eigenvalue weighted by Crippen LogP contribution is 2.40. The summed E-state index contributed by atoms with van der Waals surface area (Å²) in [4.78, 5) is 47.1. The summed E-state index contributed by atoms with van der Waals surface area (Å²) in [5.41, 5.74) is 4.74. The summed E-state index contributed by atoms with van der Waals surface area (Å²) in [7, 11) is 0. The normalized spacial score (nSPS) is 14.3. The molecule has 1 aromatic carbocycles. The van der Waals surface area contributed by atoms with E-state index >= 15 is 0 Å². The van der Waals surface area contributed by atoms with Crippen LogP contribution < -0.4 is 10.2 Å². The minimum absolute atomic E-state index is 0.154. The second-order valence-electron chi connectivity index (χ2n) is 12.7. The zero-order valence-corrected chi connectivity index (χ0v) is 27.3. The molecular formula is C36H36F3N7O3. The highest BCUT2D eigenvalue weighted by molar-refractivity contribution is 6.05. The lowest BCUT2D eigenvalue weighted by atomic mass is 9.95. The molecule has 13 heteroatoms. The summed E-state index contributed by atoms with van der Waals surface area (Å²) in [6.45, 7) is 7.64. The van der Waals surface area contributed by atoms with Crippen molar-refractivity contribution in [1.82, 2.24) is 24.8 Å². The fourth-order valence-electron chi connectivity index (χ4n) is 5.90. The van der Waals surface area contributed by atoms with E-state index in [0.717, 1.165) is 28.9 Å². The first-order valence-electron chi connectivity index (χ1n) is 15.9. The van der Waals surface area contributed by atoms with E-state index in [9.17, 15) is 22.8 Å². The van der Waals surface area contributed by atoms with Crippen molar-refractivity contribution in [3.8, 4) is 22.5 Å². The standard InChI is InChI=1S/C36H36F3N7O3/c1-36(2,3)49-35(48)46-18-16-45(17-19-46)27-12-15-42-33-30(26-6-4-5-13-40-26)31(44-32(27)33)23-11-14-41-29(20-23)43-34(47)25(21-28(38)39)22-7-9-24(37)10-8-22/h4-15,20,25,28,44H,16-19,21H2,1-3H3,(H,41,43,47). The first-order chi connectivity index (χ1) is 23.5. The van der Waals surface area contributed by atoms with Crippen LogP contribution in [0.25, 0.3) is 33.5 Å². The Hall–Kier alpha value is -5.46. The number of alkyl halides is 2. The van der Waals surface area contributed by atoms with Gasteiger partial charge in [-0.2, -0.15) is 0 Å². The minimum atomic E-state index is -2.76. The summed E-state index contributed by atoms with van der Waals surface area (Å²) in [5, 5.41) is 2.68. The molecule has 0 saturated carbocycles. The van der Waals surface area contributed by atoms with Crippen molar-refractivity contribution >= 4 is 34.5 Å². The molecule has 0 spiro atoms. The predicted octanol–water partition coefficient (Wildman–Crippen LogP) is 7.26. The number of carbonyl (C=O) groups excluding carboxylic acids is 2. The van der Waals surface area contributed by atoms with Crippen LogP contribution in [-0.4, -0.2) is 75.0 Å². The third kappa shape index (κ3) is 7.66. The van der Waals surface area contributed by atoms with Gasteiger partial charge < -0.3 is 24.8 Å². The number of benzene rings is 1. The molecule has 10 nitrogen and oxygen atoms in total. The highest BCUT2D eigenvalue weighted by Gasteiger charge is 2.29. The molecule has 6 rings (SSSR count). The Morgan fingerprint density at radius 2 is 1.67 bits per heavy atom. The van der Waals surface area contributed by atoms with Gasteiger partial charge in [-0.05, 0) is 68.8 Å². The average Bonchev–Trinajstić information content (AvgIpc) is 3.47. The molecule has 1 aliphatic heterocycles. The number of carbonyl (C=O) groups is 2. The first kappa shape index (κ1) is 33.4. The second kappa shape index (κ2) is 14.0. The van der Waals surface area contributed by atoms with E-state index in [-0.39, 0.29) is 17.5 Å². The maximum absolute atomic E-state index is 13.5. The molecule has 49 heavy (non-hydrogen) atoms. The van der Waals surface area contributed by atoms with Crippen LogP contribution in [0.15, 0.2) is 79.3 Å². The number of piperazine rings is 1. The third-order valence-electron chi connectivity index (χ3n) is 8.16. The highest BCUT2D eigenvalue weighted by atomic mass is 19.3. The molecule has 1 saturated heterocycles. The van der Waals surface area contributed by atoms with Crippen LogP contribution in [-0.2, 0) is 9.53 Å². The molecule has 4 aromatic heterocycles. The summed E-state index contributed by atoms with van der Waals surface area (Å²) in [6, 6.07) is 15.8. The number of aromatic amines is 1. The molecule has 0 aliphatic carbocycles. The molecule has 0 radical (unpaired) electrons. The van der Waals surface area contributed by atoms with Crippen molar-refractivity contribution in [3.63, 3.8) is 0 Å². The molecule has 1 unspecified atom stereocenters. The van der Waals surface area contributed by atoms with Gasteiger partial charge in [-0.15, -0.1) is 0 Å². The van der Waals surface area contributed by atoms with Crippen LogP contribution in [0.3, 0.4) is 0 Å². The maximum atomic E-state index is 13.5. The number of anilines is 2. The number of ether oxygens (including phenoxy) is 1. The van der Waals surface area contributed by atoms with Crippen molar-refractivity contribution in [2.24, 2.45) is 0 Å². The third-order valence-corrected chi connectivity index (χ3v) is 8.16. The lowest BCUT2D eigenvalue weighted by Gasteiger charge is -2.36. The molecule has 2 N–H and O–H groups in total. The predicted molar refractivity (Wildman–Crippen MR) is 181 cm³/mol. The Labute approximate surface area is 281 Å². The van der Waals surface area contributed by atoms with Gasteiger partial charge in [0.05, 0.1) is 34.1 Å². The van der Waals surface area contributed by atoms with Crippen LogP contribution in [0.5, 0.6) is 0 Å². The van der Waals surface area contributed by atoms with Crippen molar-refractivity contribution in [2.45, 2.75) is 45.1 Å². The van der Waals surface area contributed by atoms with Crippen LogP contribution in [0.1, 0.15) is 38.7 Å². The first-order valence-corrected chi connectivity index (χ1v) is 15.9. The van der Waals surface area contributed by atoms with Gasteiger partial charge in [0.2, 0.25) is 12.3 Å². The van der Waals surface area contributed by atoms with Crippen LogP contribution in [0.2, 0.25) is 0 Å². The van der Waals surface area contributed by atoms with E-state index in [1.54, 1.807) is 29.4 Å². The number of nitrogens with one attached hydrogen (secondary N) is 2. The average molecular weight is 672 g/mol. The van der Waals surface area contributed by atoms with Crippen molar-refractivity contribution < 1.29 is 27.5 Å². The quantitative estimate of drug-likeness (QED) is 0.178. The maximum Gasteiger partial charge on any atom is 0.410 e. The number of amides is 2. The number of nitrogens with zero attached hydrogens (tertiary/aromatic N) is 5. The van der Waals surface area contributed by atoms with Crippen molar-refractivity contribution in [1.29, 1.82) is 0 Å². The Balaban J connectivity index is 1.33. The van der Waals surface area contributed by atoms with Gasteiger partial charge in [-0.1, -0.05) is 18.2 Å². The van der Waals surface area contributed by atoms with Crippen LogP contribution in [0, 0.1) is 5.82 Å². The number of pyridine rings is 3. The number of halogens is 3. The van der Waals surface area contributed by atoms with Crippen LogP contribution in [0.4, 0.5) is 29.5 Å². The summed E-state index contributed by atoms with van der Waals surface area (Å²) in [6.07, 6.45) is 1.11. The topological polar surface area (TPSA) is 116 Å². The number of aromatic nitrogens is 4. The largest absolute Gasteiger partial charge is 0.444 e. The summed E-state index contributed by atoms with van der Waals surface area (Å²) >= 11 is 0. The van der Waals surface area contributed by atoms with E-state index in [2.05, 4.69) is 25.2 Å². The number of hydrogen-bond donors (Lipinski definition) is 2. The zero-order chi connectivity index (χ0) is 34.7. The van der Waals surface area contributed by atoms with Crippen LogP contribution >= 0.6 is 0 Å². The van der Waals surface area contributed by atoms with Crippen molar-refractivity contribution in [3.05, 3.63) is 90.6 Å². The van der Waals surface area contributed by atoms with Gasteiger partial charge in [0.15, 0.2) is 0 Å². The van der Waals surface area contributed by atoms with E-state index in [0.29, 0.717) is 48.6 Å². The van der Waals surface area contributed by atoms with E-state index in [4.69, 9.17) is 9.72 Å². The minimum Gasteiger partial charge on any atom is -0.444 e. The lowest BCUT2D eigenvalue weighted by molar-refractivity contribution is -0.118. The van der Waals surface area contributed by atoms with Gasteiger partial charge in [0, 0.05) is 56.8 Å². The number of fused-ring (bicyclic) bond motifs is 1. The zero-order valence-electron chi connectivity index (χ0n) is 27.3. The molecule has 1 atom stereocenters. The molecule has 5 aromatic rings.